The summed E-state index contributed by atoms with van der Waals surface area (Å²) in [6, 6.07) is 0. The Kier molecular flexibility index (Phi) is 4.62. The number of rotatable bonds is 3. The lowest BCUT2D eigenvalue weighted by atomic mass is 10.4. The van der Waals surface area contributed by atoms with Crippen LogP contribution in [-0.2, 0) is 6.42 Å². The molecule has 108 valence electrons. The molecular formula is C11H17F3N4S. The minimum Gasteiger partial charge on any atom is -0.346 e. The molecule has 0 atom stereocenters. The largest absolute Gasteiger partial charge is 0.401 e. The minimum absolute atomic E-state index is 0.417. The summed E-state index contributed by atoms with van der Waals surface area (Å²) in [5, 5.41) is 0.825. The molecule has 0 saturated carbocycles. The van der Waals surface area contributed by atoms with E-state index in [1.54, 1.807) is 0 Å². The van der Waals surface area contributed by atoms with Crippen molar-refractivity contribution in [3.8, 4) is 0 Å². The van der Waals surface area contributed by atoms with Gasteiger partial charge in [0, 0.05) is 44.1 Å². The quantitative estimate of drug-likeness (QED) is 0.855. The third-order valence-electron chi connectivity index (χ3n) is 3.04. The Balaban J connectivity index is 1.93. The summed E-state index contributed by atoms with van der Waals surface area (Å²) in [4.78, 5) is 7.88. The van der Waals surface area contributed by atoms with Crippen LogP contribution in [-0.4, -0.2) is 53.2 Å². The summed E-state index contributed by atoms with van der Waals surface area (Å²) in [5.41, 5.74) is 0. The first-order valence-electron chi connectivity index (χ1n) is 6.34. The lowest BCUT2D eigenvalue weighted by Gasteiger charge is -2.22. The van der Waals surface area contributed by atoms with Crippen molar-refractivity contribution in [3.05, 3.63) is 5.82 Å². The van der Waals surface area contributed by atoms with Crippen molar-refractivity contribution in [3.63, 3.8) is 0 Å². The lowest BCUT2D eigenvalue weighted by Crippen LogP contribution is -2.37. The van der Waals surface area contributed by atoms with Gasteiger partial charge in [0.2, 0.25) is 5.13 Å². The second-order valence-corrected chi connectivity index (χ2v) is 5.31. The van der Waals surface area contributed by atoms with Gasteiger partial charge in [0.25, 0.3) is 0 Å². The molecule has 0 spiro atoms. The first-order valence-corrected chi connectivity index (χ1v) is 7.12. The van der Waals surface area contributed by atoms with E-state index < -0.39 is 12.7 Å². The molecule has 0 amide bonds. The Hall–Kier alpha value is -0.890. The fourth-order valence-electron chi connectivity index (χ4n) is 2.09. The first kappa shape index (κ1) is 14.5. The minimum atomic E-state index is -4.12. The molecule has 1 aliphatic heterocycles. The Labute approximate surface area is 114 Å². The number of aryl methyl sites for hydroxylation is 1. The Bertz CT molecular complexity index is 407. The molecule has 0 aromatic carbocycles. The monoisotopic (exact) mass is 294 g/mol. The Morgan fingerprint density at radius 1 is 1.21 bits per heavy atom. The van der Waals surface area contributed by atoms with Gasteiger partial charge in [-0.2, -0.15) is 17.5 Å². The van der Waals surface area contributed by atoms with Gasteiger partial charge in [-0.05, 0) is 6.42 Å². The van der Waals surface area contributed by atoms with Gasteiger partial charge < -0.3 is 4.90 Å². The number of nitrogens with zero attached hydrogens (tertiary/aromatic N) is 4. The molecule has 0 radical (unpaired) electrons. The van der Waals surface area contributed by atoms with Gasteiger partial charge in [0.05, 0.1) is 6.54 Å². The molecule has 0 bridgehead atoms. The molecule has 0 aliphatic carbocycles. The Morgan fingerprint density at radius 2 is 2.00 bits per heavy atom. The normalized spacial score (nSPS) is 18.6. The van der Waals surface area contributed by atoms with Gasteiger partial charge in [0.15, 0.2) is 0 Å². The second kappa shape index (κ2) is 6.04. The molecule has 0 unspecified atom stereocenters. The number of hydrogen-bond donors (Lipinski definition) is 0. The van der Waals surface area contributed by atoms with Gasteiger partial charge >= 0.3 is 6.18 Å². The summed E-state index contributed by atoms with van der Waals surface area (Å²) in [6.07, 6.45) is -2.62. The van der Waals surface area contributed by atoms with E-state index in [2.05, 4.69) is 9.36 Å². The van der Waals surface area contributed by atoms with Crippen molar-refractivity contribution in [1.29, 1.82) is 0 Å². The van der Waals surface area contributed by atoms with Crippen LogP contribution in [0.4, 0.5) is 18.3 Å². The van der Waals surface area contributed by atoms with Crippen LogP contribution < -0.4 is 4.90 Å². The molecule has 4 nitrogen and oxygen atoms in total. The highest BCUT2D eigenvalue weighted by Crippen LogP contribution is 2.21. The van der Waals surface area contributed by atoms with Gasteiger partial charge in [-0.25, -0.2) is 4.98 Å². The average Bonchev–Trinajstić information content (AvgIpc) is 2.69. The summed E-state index contributed by atoms with van der Waals surface area (Å²) in [5.74, 6) is 0.802. The van der Waals surface area contributed by atoms with E-state index in [1.165, 1.54) is 16.4 Å². The SMILES string of the molecule is CCc1nsc(N2CCCN(CC(F)(F)F)CC2)n1. The van der Waals surface area contributed by atoms with Crippen LogP contribution in [0.1, 0.15) is 19.2 Å². The van der Waals surface area contributed by atoms with Gasteiger partial charge in [-0.3, -0.25) is 4.90 Å². The molecule has 1 aliphatic rings. The van der Waals surface area contributed by atoms with Crippen molar-refractivity contribution < 1.29 is 13.2 Å². The summed E-state index contributed by atoms with van der Waals surface area (Å²) < 4.78 is 41.3. The van der Waals surface area contributed by atoms with E-state index in [0.717, 1.165) is 30.3 Å². The third kappa shape index (κ3) is 4.31. The van der Waals surface area contributed by atoms with Crippen molar-refractivity contribution in [1.82, 2.24) is 14.3 Å². The molecule has 19 heavy (non-hydrogen) atoms. The van der Waals surface area contributed by atoms with E-state index >= 15 is 0 Å². The number of anilines is 1. The highest BCUT2D eigenvalue weighted by atomic mass is 32.1. The van der Waals surface area contributed by atoms with Crippen LogP contribution in [0.15, 0.2) is 0 Å². The molecule has 1 aromatic heterocycles. The zero-order valence-corrected chi connectivity index (χ0v) is 11.6. The predicted octanol–water partition coefficient (Wildman–Crippen LogP) is 2.17. The summed E-state index contributed by atoms with van der Waals surface area (Å²) >= 11 is 1.33. The third-order valence-corrected chi connectivity index (χ3v) is 3.85. The maximum absolute atomic E-state index is 12.4. The van der Waals surface area contributed by atoms with Gasteiger partial charge in [0.1, 0.15) is 5.82 Å². The smallest absolute Gasteiger partial charge is 0.346 e. The molecule has 2 rings (SSSR count). The van der Waals surface area contributed by atoms with Crippen LogP contribution in [0.3, 0.4) is 0 Å². The standard InChI is InChI=1S/C11H17F3N4S/c1-2-9-15-10(19-16-9)18-5-3-4-17(6-7-18)8-11(12,13)14/h2-8H2,1H3. The van der Waals surface area contributed by atoms with Crippen molar-refractivity contribution in [2.75, 3.05) is 37.6 Å². The predicted molar refractivity (Wildman–Crippen MR) is 68.6 cm³/mol. The second-order valence-electron chi connectivity index (χ2n) is 4.58. The zero-order chi connectivity index (χ0) is 13.9. The molecule has 0 N–H and O–H groups in total. The number of halogens is 3. The van der Waals surface area contributed by atoms with Gasteiger partial charge in [-0.15, -0.1) is 0 Å². The lowest BCUT2D eigenvalue weighted by molar-refractivity contribution is -0.145. The number of aromatic nitrogens is 2. The van der Waals surface area contributed by atoms with Crippen molar-refractivity contribution in [2.24, 2.45) is 0 Å². The van der Waals surface area contributed by atoms with E-state index in [4.69, 9.17) is 0 Å². The highest BCUT2D eigenvalue weighted by molar-refractivity contribution is 7.09. The number of hydrogen-bond acceptors (Lipinski definition) is 5. The molecule has 2 heterocycles. The van der Waals surface area contributed by atoms with Crippen LogP contribution in [0.5, 0.6) is 0 Å². The van der Waals surface area contributed by atoms with E-state index in [1.807, 2.05) is 11.8 Å². The molecule has 1 saturated heterocycles. The van der Waals surface area contributed by atoms with Crippen LogP contribution in [0.2, 0.25) is 0 Å². The van der Waals surface area contributed by atoms with Crippen LogP contribution in [0, 0.1) is 0 Å². The van der Waals surface area contributed by atoms with Crippen molar-refractivity contribution in [2.45, 2.75) is 25.9 Å². The first-order chi connectivity index (χ1) is 8.98. The molecular weight excluding hydrogens is 277 g/mol. The molecule has 8 heteroatoms. The Morgan fingerprint density at radius 3 is 2.63 bits per heavy atom. The van der Waals surface area contributed by atoms with E-state index in [9.17, 15) is 13.2 Å². The van der Waals surface area contributed by atoms with Crippen molar-refractivity contribution >= 4 is 16.7 Å². The number of alkyl halides is 3. The van der Waals surface area contributed by atoms with Crippen LogP contribution >= 0.6 is 11.5 Å². The highest BCUT2D eigenvalue weighted by Gasteiger charge is 2.31. The summed E-state index contributed by atoms with van der Waals surface area (Å²) in [6.45, 7) is 3.38. The molecule has 1 aromatic rings. The average molecular weight is 294 g/mol. The zero-order valence-electron chi connectivity index (χ0n) is 10.8. The van der Waals surface area contributed by atoms with E-state index in [-0.39, 0.29) is 0 Å². The maximum Gasteiger partial charge on any atom is 0.401 e. The maximum atomic E-state index is 12.4. The van der Waals surface area contributed by atoms with E-state index in [0.29, 0.717) is 19.6 Å². The van der Waals surface area contributed by atoms with Gasteiger partial charge in [-0.1, -0.05) is 6.92 Å². The van der Waals surface area contributed by atoms with Crippen LogP contribution in [0.25, 0.3) is 0 Å². The topological polar surface area (TPSA) is 32.3 Å². The fourth-order valence-corrected chi connectivity index (χ4v) is 2.89. The summed E-state index contributed by atoms with van der Waals surface area (Å²) in [7, 11) is 0. The fraction of sp³-hybridized carbons (Fsp3) is 0.818. The molecule has 1 fully saturated rings.